The van der Waals surface area contributed by atoms with Crippen molar-refractivity contribution in [3.05, 3.63) is 50.4 Å². The quantitative estimate of drug-likeness (QED) is 0.781. The van der Waals surface area contributed by atoms with E-state index in [2.05, 4.69) is 0 Å². The van der Waals surface area contributed by atoms with Crippen molar-refractivity contribution < 1.29 is 14.6 Å². The van der Waals surface area contributed by atoms with E-state index in [1.54, 1.807) is 50.9 Å². The Morgan fingerprint density at radius 2 is 1.92 bits per heavy atom. The first kappa shape index (κ1) is 17.0. The number of anilines is 1. The number of ether oxygens (including phenoxy) is 1. The molecule has 0 spiro atoms. The fraction of sp³-hybridized carbons (Fsp3) is 0.222. The summed E-state index contributed by atoms with van der Waals surface area (Å²) in [6, 6.07) is 6.88. The van der Waals surface area contributed by atoms with Gasteiger partial charge in [0.05, 0.1) is 18.0 Å². The number of nitrogens with zero attached hydrogens (tertiary/aromatic N) is 2. The lowest BCUT2D eigenvalue weighted by atomic mass is 10.1. The fourth-order valence-electron chi connectivity index (χ4n) is 2.76. The van der Waals surface area contributed by atoms with Crippen molar-refractivity contribution in [3.63, 3.8) is 0 Å². The summed E-state index contributed by atoms with van der Waals surface area (Å²) in [5, 5.41) is 12.9. The van der Waals surface area contributed by atoms with Crippen LogP contribution in [0.15, 0.2) is 34.4 Å². The zero-order valence-corrected chi connectivity index (χ0v) is 15.2. The Morgan fingerprint density at radius 3 is 2.52 bits per heavy atom. The van der Waals surface area contributed by atoms with Crippen molar-refractivity contribution in [2.24, 2.45) is 7.05 Å². The van der Waals surface area contributed by atoms with E-state index in [1.165, 1.54) is 20.8 Å². The summed E-state index contributed by atoms with van der Waals surface area (Å²) in [7, 11) is 4.72. The first-order valence-electron chi connectivity index (χ1n) is 7.58. The zero-order valence-electron chi connectivity index (χ0n) is 14.4. The Bertz CT molecular complexity index is 1020. The van der Waals surface area contributed by atoms with Gasteiger partial charge in [-0.2, -0.15) is 0 Å². The van der Waals surface area contributed by atoms with E-state index in [1.807, 2.05) is 6.92 Å². The molecule has 1 aromatic carbocycles. The molecule has 0 aliphatic carbocycles. The highest BCUT2D eigenvalue weighted by Crippen LogP contribution is 2.34. The number of hydrogen-bond donors (Lipinski definition) is 1. The zero-order chi connectivity index (χ0) is 18.3. The Kier molecular flexibility index (Phi) is 4.26. The minimum Gasteiger partial charge on any atom is -0.506 e. The van der Waals surface area contributed by atoms with Gasteiger partial charge in [0, 0.05) is 30.0 Å². The van der Waals surface area contributed by atoms with Gasteiger partial charge in [0.25, 0.3) is 11.5 Å². The summed E-state index contributed by atoms with van der Waals surface area (Å²) in [5.74, 6) is -0.156. The minimum absolute atomic E-state index is 0.227. The third-order valence-electron chi connectivity index (χ3n) is 4.29. The van der Waals surface area contributed by atoms with Crippen molar-refractivity contribution in [1.29, 1.82) is 0 Å². The molecule has 1 amide bonds. The molecule has 130 valence electrons. The van der Waals surface area contributed by atoms with Crippen LogP contribution in [0.5, 0.6) is 11.5 Å². The van der Waals surface area contributed by atoms with Gasteiger partial charge in [0.2, 0.25) is 0 Å². The maximum absolute atomic E-state index is 12.9. The predicted octanol–water partition coefficient (Wildman–Crippen LogP) is 2.90. The van der Waals surface area contributed by atoms with Crippen molar-refractivity contribution in [1.82, 2.24) is 4.57 Å². The molecule has 0 unspecified atom stereocenters. The molecule has 3 rings (SSSR count). The molecule has 0 bridgehead atoms. The van der Waals surface area contributed by atoms with Gasteiger partial charge in [-0.1, -0.05) is 0 Å². The minimum atomic E-state index is -0.559. The van der Waals surface area contributed by atoms with Crippen LogP contribution < -0.4 is 15.2 Å². The second kappa shape index (κ2) is 6.25. The standard InChI is InChI=1S/C18H18N2O4S/c1-10-14-13(9-25-10)20(3)18(23)15(16(14)21)17(22)19(2)11-5-7-12(24-4)8-6-11/h5-9,21H,1-4H3. The van der Waals surface area contributed by atoms with Crippen LogP contribution in [-0.4, -0.2) is 29.7 Å². The van der Waals surface area contributed by atoms with Gasteiger partial charge in [0.1, 0.15) is 17.1 Å². The maximum Gasteiger partial charge on any atom is 0.267 e. The topological polar surface area (TPSA) is 71.8 Å². The number of rotatable bonds is 3. The van der Waals surface area contributed by atoms with Gasteiger partial charge in [-0.15, -0.1) is 11.3 Å². The molecule has 0 saturated carbocycles. The van der Waals surface area contributed by atoms with Gasteiger partial charge in [-0.05, 0) is 31.2 Å². The molecule has 2 aromatic heterocycles. The molecule has 0 radical (unpaired) electrons. The number of benzene rings is 1. The maximum atomic E-state index is 12.9. The molecule has 25 heavy (non-hydrogen) atoms. The Hall–Kier alpha value is -2.80. The van der Waals surface area contributed by atoms with E-state index in [4.69, 9.17) is 4.74 Å². The molecule has 0 aliphatic heterocycles. The number of aromatic hydroxyl groups is 1. The summed E-state index contributed by atoms with van der Waals surface area (Å²) in [4.78, 5) is 27.7. The van der Waals surface area contributed by atoms with Crippen LogP contribution in [0.1, 0.15) is 15.2 Å². The van der Waals surface area contributed by atoms with Gasteiger partial charge >= 0.3 is 0 Å². The highest BCUT2D eigenvalue weighted by atomic mass is 32.1. The summed E-state index contributed by atoms with van der Waals surface area (Å²) >= 11 is 1.43. The number of hydrogen-bond acceptors (Lipinski definition) is 5. The molecule has 1 N–H and O–H groups in total. The molecule has 0 fully saturated rings. The summed E-state index contributed by atoms with van der Waals surface area (Å²) in [5.41, 5.74) is 0.464. The van der Waals surface area contributed by atoms with Gasteiger partial charge in [-0.25, -0.2) is 0 Å². The van der Waals surface area contributed by atoms with Crippen molar-refractivity contribution >= 4 is 33.8 Å². The van der Waals surface area contributed by atoms with E-state index in [9.17, 15) is 14.7 Å². The van der Waals surface area contributed by atoms with Crippen LogP contribution in [0.25, 0.3) is 10.9 Å². The van der Waals surface area contributed by atoms with Crippen LogP contribution in [0.2, 0.25) is 0 Å². The normalized spacial score (nSPS) is 10.9. The molecular weight excluding hydrogens is 340 g/mol. The molecule has 7 heteroatoms. The lowest BCUT2D eigenvalue weighted by molar-refractivity contribution is 0.0988. The number of thiophene rings is 1. The second-order valence-corrected chi connectivity index (χ2v) is 6.79. The Morgan fingerprint density at radius 1 is 1.28 bits per heavy atom. The van der Waals surface area contributed by atoms with Crippen molar-refractivity contribution in [3.8, 4) is 11.5 Å². The number of carbonyl (C=O) groups is 1. The molecular formula is C18H18N2O4S. The lowest BCUT2D eigenvalue weighted by Crippen LogP contribution is -2.34. The van der Waals surface area contributed by atoms with Gasteiger partial charge in [-0.3, -0.25) is 9.59 Å². The van der Waals surface area contributed by atoms with Gasteiger partial charge < -0.3 is 19.3 Å². The molecule has 0 atom stereocenters. The molecule has 3 aromatic rings. The first-order chi connectivity index (χ1) is 11.9. The van der Waals surface area contributed by atoms with E-state index in [0.717, 1.165) is 4.88 Å². The van der Waals surface area contributed by atoms with E-state index in [-0.39, 0.29) is 11.3 Å². The SMILES string of the molecule is COc1ccc(N(C)C(=O)c2c(O)c3c(C)scc3n(C)c2=O)cc1. The average molecular weight is 358 g/mol. The molecule has 6 nitrogen and oxygen atoms in total. The third kappa shape index (κ3) is 2.66. The largest absolute Gasteiger partial charge is 0.506 e. The van der Waals surface area contributed by atoms with Crippen molar-refractivity contribution in [2.45, 2.75) is 6.92 Å². The summed E-state index contributed by atoms with van der Waals surface area (Å²) in [6.07, 6.45) is 0. The number of pyridine rings is 1. The smallest absolute Gasteiger partial charge is 0.267 e. The van der Waals surface area contributed by atoms with Gasteiger partial charge in [0.15, 0.2) is 0 Å². The van der Waals surface area contributed by atoms with Crippen LogP contribution in [-0.2, 0) is 7.05 Å². The fourth-order valence-corrected chi connectivity index (χ4v) is 3.65. The number of fused-ring (bicyclic) bond motifs is 1. The summed E-state index contributed by atoms with van der Waals surface area (Å²) < 4.78 is 6.50. The molecule has 2 heterocycles. The van der Waals surface area contributed by atoms with Crippen LogP contribution >= 0.6 is 11.3 Å². The first-order valence-corrected chi connectivity index (χ1v) is 8.46. The Labute approximate surface area is 148 Å². The average Bonchev–Trinajstić information content (AvgIpc) is 3.01. The number of aryl methyl sites for hydroxylation is 2. The molecule has 0 saturated heterocycles. The predicted molar refractivity (Wildman–Crippen MR) is 99.2 cm³/mol. The summed E-state index contributed by atoms with van der Waals surface area (Å²) in [6.45, 7) is 1.85. The molecule has 0 aliphatic rings. The lowest BCUT2D eigenvalue weighted by Gasteiger charge is -2.19. The van der Waals surface area contributed by atoms with Crippen molar-refractivity contribution in [2.75, 3.05) is 19.1 Å². The highest BCUT2D eigenvalue weighted by Gasteiger charge is 2.26. The second-order valence-electron chi connectivity index (χ2n) is 5.70. The highest BCUT2D eigenvalue weighted by molar-refractivity contribution is 7.11. The number of methoxy groups -OCH3 is 1. The third-order valence-corrected chi connectivity index (χ3v) is 5.19. The van der Waals surface area contributed by atoms with E-state index in [0.29, 0.717) is 22.3 Å². The Balaban J connectivity index is 2.13. The number of amides is 1. The van der Waals surface area contributed by atoms with E-state index < -0.39 is 11.5 Å². The van der Waals surface area contributed by atoms with Crippen LogP contribution in [0.4, 0.5) is 5.69 Å². The van der Waals surface area contributed by atoms with E-state index >= 15 is 0 Å². The van der Waals surface area contributed by atoms with Crippen LogP contribution in [0.3, 0.4) is 0 Å². The van der Waals surface area contributed by atoms with Crippen LogP contribution in [0, 0.1) is 6.92 Å². The monoisotopic (exact) mass is 358 g/mol. The number of carbonyl (C=O) groups excluding carboxylic acids is 1. The number of aromatic nitrogens is 1.